The summed E-state index contributed by atoms with van der Waals surface area (Å²) in [7, 11) is 1.75. The molecule has 1 saturated heterocycles. The van der Waals surface area contributed by atoms with Crippen LogP contribution in [0.2, 0.25) is 0 Å². The highest BCUT2D eigenvalue weighted by atomic mass is 16.5. The minimum Gasteiger partial charge on any atom is -0.481 e. The molecule has 1 aliphatic rings. The number of carboxylic acid groups (broad SMARTS) is 1. The molecule has 1 aliphatic heterocycles. The van der Waals surface area contributed by atoms with Gasteiger partial charge in [-0.1, -0.05) is 0 Å². The lowest BCUT2D eigenvalue weighted by Gasteiger charge is -2.27. The number of rotatable bonds is 6. The van der Waals surface area contributed by atoms with Gasteiger partial charge < -0.3 is 20.1 Å². The molecule has 104 valence electrons. The Bertz CT molecular complexity index is 277. The van der Waals surface area contributed by atoms with E-state index in [1.165, 1.54) is 0 Å². The fraction of sp³-hybridized carbons (Fsp3) is 0.833. The van der Waals surface area contributed by atoms with Crippen molar-refractivity contribution < 1.29 is 19.4 Å². The van der Waals surface area contributed by atoms with Crippen LogP contribution in [0.15, 0.2) is 0 Å². The third kappa shape index (κ3) is 5.86. The summed E-state index contributed by atoms with van der Waals surface area (Å²) in [5, 5.41) is 11.2. The highest BCUT2D eigenvalue weighted by Gasteiger charge is 2.18. The van der Waals surface area contributed by atoms with Gasteiger partial charge in [0.2, 0.25) is 0 Å². The smallest absolute Gasteiger partial charge is 0.317 e. The van der Waals surface area contributed by atoms with Crippen LogP contribution in [0.3, 0.4) is 0 Å². The number of carbonyl (C=O) groups excluding carboxylic acids is 1. The Balaban J connectivity index is 2.13. The van der Waals surface area contributed by atoms with Gasteiger partial charge in [-0.05, 0) is 19.3 Å². The van der Waals surface area contributed by atoms with E-state index in [4.69, 9.17) is 9.84 Å². The molecule has 2 amide bonds. The minimum absolute atomic E-state index is 0.0838. The van der Waals surface area contributed by atoms with Crippen LogP contribution >= 0.6 is 0 Å². The molecule has 0 radical (unpaired) electrons. The summed E-state index contributed by atoms with van der Waals surface area (Å²) in [5.74, 6) is -0.425. The van der Waals surface area contributed by atoms with Crippen molar-refractivity contribution in [2.24, 2.45) is 5.92 Å². The van der Waals surface area contributed by atoms with Gasteiger partial charge in [0.05, 0.1) is 6.61 Å². The van der Waals surface area contributed by atoms with Crippen LogP contribution in [0.4, 0.5) is 4.79 Å². The maximum atomic E-state index is 11.7. The second-order valence-electron chi connectivity index (χ2n) is 4.69. The molecule has 0 saturated carbocycles. The molecule has 0 aromatic carbocycles. The predicted molar refractivity (Wildman–Crippen MR) is 66.4 cm³/mol. The van der Waals surface area contributed by atoms with Crippen molar-refractivity contribution in [3.05, 3.63) is 0 Å². The second kappa shape index (κ2) is 7.92. The van der Waals surface area contributed by atoms with Crippen LogP contribution < -0.4 is 5.32 Å². The van der Waals surface area contributed by atoms with Crippen LogP contribution in [0.1, 0.15) is 25.7 Å². The van der Waals surface area contributed by atoms with Crippen LogP contribution in [-0.2, 0) is 9.53 Å². The van der Waals surface area contributed by atoms with Gasteiger partial charge in [-0.3, -0.25) is 4.79 Å². The van der Waals surface area contributed by atoms with E-state index in [1.54, 1.807) is 11.9 Å². The number of amides is 2. The lowest BCUT2D eigenvalue weighted by molar-refractivity contribution is -0.137. The maximum absolute atomic E-state index is 11.7. The van der Waals surface area contributed by atoms with Crippen LogP contribution in [0, 0.1) is 5.92 Å². The molecule has 0 bridgehead atoms. The van der Waals surface area contributed by atoms with E-state index in [0.29, 0.717) is 25.4 Å². The average molecular weight is 258 g/mol. The fourth-order valence-corrected chi connectivity index (χ4v) is 1.99. The molecule has 1 rings (SSSR count). The number of carboxylic acids is 1. The molecular weight excluding hydrogens is 236 g/mol. The van der Waals surface area contributed by atoms with Gasteiger partial charge in [0, 0.05) is 39.1 Å². The Kier molecular flexibility index (Phi) is 6.49. The SMILES string of the molecule is CN(CC1CCCOC1)C(=O)NCCCC(=O)O. The first kappa shape index (κ1) is 14.8. The Labute approximate surface area is 107 Å². The Morgan fingerprint density at radius 1 is 1.50 bits per heavy atom. The van der Waals surface area contributed by atoms with Gasteiger partial charge in [-0.2, -0.15) is 0 Å². The van der Waals surface area contributed by atoms with E-state index in [1.807, 2.05) is 0 Å². The summed E-state index contributed by atoms with van der Waals surface area (Å²) in [6, 6.07) is -0.147. The molecule has 1 heterocycles. The summed E-state index contributed by atoms with van der Waals surface area (Å²) >= 11 is 0. The summed E-state index contributed by atoms with van der Waals surface area (Å²) < 4.78 is 5.36. The zero-order chi connectivity index (χ0) is 13.4. The van der Waals surface area contributed by atoms with E-state index >= 15 is 0 Å². The zero-order valence-corrected chi connectivity index (χ0v) is 10.9. The largest absolute Gasteiger partial charge is 0.481 e. The van der Waals surface area contributed by atoms with E-state index in [9.17, 15) is 9.59 Å². The van der Waals surface area contributed by atoms with Crippen molar-refractivity contribution in [2.75, 3.05) is 33.4 Å². The van der Waals surface area contributed by atoms with Gasteiger partial charge in [0.1, 0.15) is 0 Å². The molecule has 18 heavy (non-hydrogen) atoms. The highest BCUT2D eigenvalue weighted by molar-refractivity contribution is 5.73. The van der Waals surface area contributed by atoms with Crippen molar-refractivity contribution in [3.8, 4) is 0 Å². The number of nitrogens with one attached hydrogen (secondary N) is 1. The summed E-state index contributed by atoms with van der Waals surface area (Å²) in [6.45, 7) is 2.62. The number of nitrogens with zero attached hydrogens (tertiary/aromatic N) is 1. The highest BCUT2D eigenvalue weighted by Crippen LogP contribution is 2.14. The minimum atomic E-state index is -0.836. The first-order valence-corrected chi connectivity index (χ1v) is 6.38. The Morgan fingerprint density at radius 2 is 2.28 bits per heavy atom. The Morgan fingerprint density at radius 3 is 2.89 bits per heavy atom. The number of carbonyl (C=O) groups is 2. The first-order valence-electron chi connectivity index (χ1n) is 6.38. The van der Waals surface area contributed by atoms with Crippen molar-refractivity contribution >= 4 is 12.0 Å². The average Bonchev–Trinajstić information content (AvgIpc) is 2.35. The van der Waals surface area contributed by atoms with Gasteiger partial charge >= 0.3 is 12.0 Å². The monoisotopic (exact) mass is 258 g/mol. The molecule has 6 nitrogen and oxygen atoms in total. The molecular formula is C12H22N2O4. The second-order valence-corrected chi connectivity index (χ2v) is 4.69. The van der Waals surface area contributed by atoms with Gasteiger partial charge in [0.25, 0.3) is 0 Å². The zero-order valence-electron chi connectivity index (χ0n) is 10.9. The van der Waals surface area contributed by atoms with Gasteiger partial charge in [0.15, 0.2) is 0 Å². The molecule has 0 aliphatic carbocycles. The first-order chi connectivity index (χ1) is 8.59. The van der Waals surface area contributed by atoms with E-state index in [-0.39, 0.29) is 12.5 Å². The standard InChI is InChI=1S/C12H22N2O4/c1-14(8-10-4-3-7-18-9-10)12(17)13-6-2-5-11(15)16/h10H,2-9H2,1H3,(H,13,17)(H,15,16). The van der Waals surface area contributed by atoms with E-state index in [2.05, 4.69) is 5.32 Å². The third-order valence-corrected chi connectivity index (χ3v) is 2.98. The fourth-order valence-electron chi connectivity index (χ4n) is 1.99. The van der Waals surface area contributed by atoms with Crippen molar-refractivity contribution in [2.45, 2.75) is 25.7 Å². The van der Waals surface area contributed by atoms with Crippen LogP contribution in [0.5, 0.6) is 0 Å². The topological polar surface area (TPSA) is 78.9 Å². The maximum Gasteiger partial charge on any atom is 0.317 e. The molecule has 1 atom stereocenters. The molecule has 1 unspecified atom stereocenters. The van der Waals surface area contributed by atoms with E-state index in [0.717, 1.165) is 26.1 Å². The lowest BCUT2D eigenvalue weighted by Crippen LogP contribution is -2.41. The predicted octanol–water partition coefficient (Wildman–Crippen LogP) is 0.919. The molecule has 0 aromatic heterocycles. The normalized spacial score (nSPS) is 19.3. The lowest BCUT2D eigenvalue weighted by atomic mass is 10.0. The van der Waals surface area contributed by atoms with Crippen LogP contribution in [0.25, 0.3) is 0 Å². The molecule has 0 spiro atoms. The number of hydrogen-bond acceptors (Lipinski definition) is 3. The van der Waals surface area contributed by atoms with Crippen molar-refractivity contribution in [1.29, 1.82) is 0 Å². The van der Waals surface area contributed by atoms with Crippen LogP contribution in [-0.4, -0.2) is 55.4 Å². The molecule has 1 fully saturated rings. The number of aliphatic carboxylic acids is 1. The summed E-state index contributed by atoms with van der Waals surface area (Å²) in [5.41, 5.74) is 0. The quantitative estimate of drug-likeness (QED) is 0.694. The number of ether oxygens (including phenoxy) is 1. The summed E-state index contributed by atoms with van der Waals surface area (Å²) in [6.07, 6.45) is 2.69. The van der Waals surface area contributed by atoms with Gasteiger partial charge in [-0.15, -0.1) is 0 Å². The van der Waals surface area contributed by atoms with Gasteiger partial charge in [-0.25, -0.2) is 4.79 Å². The molecule has 0 aromatic rings. The third-order valence-electron chi connectivity index (χ3n) is 2.98. The molecule has 2 N–H and O–H groups in total. The number of urea groups is 1. The number of hydrogen-bond donors (Lipinski definition) is 2. The Hall–Kier alpha value is -1.30. The summed E-state index contributed by atoms with van der Waals surface area (Å²) in [4.78, 5) is 23.6. The van der Waals surface area contributed by atoms with E-state index < -0.39 is 5.97 Å². The van der Waals surface area contributed by atoms with Crippen molar-refractivity contribution in [3.63, 3.8) is 0 Å². The molecule has 6 heteroatoms. The van der Waals surface area contributed by atoms with Crippen molar-refractivity contribution in [1.82, 2.24) is 10.2 Å².